The van der Waals surface area contributed by atoms with Crippen molar-refractivity contribution in [1.82, 2.24) is 9.88 Å². The standard InChI is InChI=1S/C24H26N2O2/c1-24-19(11-10-18-6-4-12-25-15-18)16-27-17-26(24)23(14-20-7-5-13-28-20)21-8-2-3-9-22(21)24/h2-9,12-13,15,19,23H,10-11,14,16-17H2,1H3/t19-,23-,24+/m0/s1. The molecule has 144 valence electrons. The monoisotopic (exact) mass is 374 g/mol. The molecule has 3 atom stereocenters. The number of rotatable bonds is 5. The van der Waals surface area contributed by atoms with Crippen molar-refractivity contribution in [3.63, 3.8) is 0 Å². The molecule has 1 saturated heterocycles. The van der Waals surface area contributed by atoms with Crippen LogP contribution in [0.2, 0.25) is 0 Å². The van der Waals surface area contributed by atoms with Gasteiger partial charge in [0.2, 0.25) is 0 Å². The third-order valence-electron chi connectivity index (χ3n) is 6.66. The summed E-state index contributed by atoms with van der Waals surface area (Å²) in [6.45, 7) is 3.87. The van der Waals surface area contributed by atoms with Crippen molar-refractivity contribution in [2.75, 3.05) is 13.3 Å². The normalized spacial score (nSPS) is 26.8. The van der Waals surface area contributed by atoms with E-state index in [1.54, 1.807) is 6.26 Å². The summed E-state index contributed by atoms with van der Waals surface area (Å²) in [5.41, 5.74) is 4.14. The van der Waals surface area contributed by atoms with E-state index >= 15 is 0 Å². The first-order chi connectivity index (χ1) is 13.8. The van der Waals surface area contributed by atoms with Gasteiger partial charge in [0.05, 0.1) is 18.4 Å². The lowest BCUT2D eigenvalue weighted by molar-refractivity contribution is -0.142. The molecule has 0 saturated carbocycles. The highest BCUT2D eigenvalue weighted by Crippen LogP contribution is 2.53. The van der Waals surface area contributed by atoms with Crippen LogP contribution in [0.3, 0.4) is 0 Å². The van der Waals surface area contributed by atoms with E-state index in [0.717, 1.165) is 31.6 Å². The van der Waals surface area contributed by atoms with Gasteiger partial charge in [-0.15, -0.1) is 0 Å². The first-order valence-corrected chi connectivity index (χ1v) is 10.1. The number of furan rings is 1. The number of aryl methyl sites for hydroxylation is 1. The molecule has 2 aromatic heterocycles. The fourth-order valence-corrected chi connectivity index (χ4v) is 5.12. The zero-order valence-electron chi connectivity index (χ0n) is 16.3. The number of fused-ring (bicyclic) bond motifs is 3. The molecule has 0 unspecified atom stereocenters. The highest BCUT2D eigenvalue weighted by atomic mass is 16.5. The molecule has 2 aliphatic heterocycles. The molecule has 4 heteroatoms. The molecule has 28 heavy (non-hydrogen) atoms. The van der Waals surface area contributed by atoms with Gasteiger partial charge in [0.25, 0.3) is 0 Å². The highest BCUT2D eigenvalue weighted by molar-refractivity contribution is 5.42. The maximum Gasteiger partial charge on any atom is 0.105 e. The number of aromatic nitrogens is 1. The van der Waals surface area contributed by atoms with Crippen LogP contribution < -0.4 is 0 Å². The van der Waals surface area contributed by atoms with Crippen LogP contribution in [0.5, 0.6) is 0 Å². The number of pyridine rings is 1. The minimum atomic E-state index is -0.0195. The Morgan fingerprint density at radius 3 is 2.89 bits per heavy atom. The lowest BCUT2D eigenvalue weighted by Crippen LogP contribution is -2.53. The molecular formula is C24H26N2O2. The third-order valence-corrected chi connectivity index (χ3v) is 6.66. The predicted octanol–water partition coefficient (Wildman–Crippen LogP) is 4.73. The summed E-state index contributed by atoms with van der Waals surface area (Å²) in [5, 5.41) is 0. The Bertz CT molecular complexity index is 925. The molecule has 3 aromatic rings. The minimum absolute atomic E-state index is 0.0195. The molecule has 4 nitrogen and oxygen atoms in total. The van der Waals surface area contributed by atoms with E-state index in [2.05, 4.69) is 53.2 Å². The van der Waals surface area contributed by atoms with Crippen LogP contribution in [0.1, 0.15) is 41.8 Å². The molecule has 0 aliphatic carbocycles. The molecule has 0 amide bonds. The molecule has 0 spiro atoms. The van der Waals surface area contributed by atoms with E-state index in [-0.39, 0.29) is 11.6 Å². The molecular weight excluding hydrogens is 348 g/mol. The topological polar surface area (TPSA) is 38.5 Å². The minimum Gasteiger partial charge on any atom is -0.469 e. The maximum absolute atomic E-state index is 6.11. The maximum atomic E-state index is 6.11. The Hall–Kier alpha value is -2.43. The summed E-state index contributed by atoms with van der Waals surface area (Å²) in [4.78, 5) is 6.82. The van der Waals surface area contributed by atoms with E-state index in [0.29, 0.717) is 12.6 Å². The average molecular weight is 374 g/mol. The van der Waals surface area contributed by atoms with Gasteiger partial charge >= 0.3 is 0 Å². The first-order valence-electron chi connectivity index (χ1n) is 10.1. The number of ether oxygens (including phenoxy) is 1. The summed E-state index contributed by atoms with van der Waals surface area (Å²) >= 11 is 0. The van der Waals surface area contributed by atoms with Crippen LogP contribution in [-0.2, 0) is 23.1 Å². The fourth-order valence-electron chi connectivity index (χ4n) is 5.12. The zero-order valence-corrected chi connectivity index (χ0v) is 16.3. The van der Waals surface area contributed by atoms with E-state index in [9.17, 15) is 0 Å². The van der Waals surface area contributed by atoms with Gasteiger partial charge in [-0.3, -0.25) is 9.88 Å². The first kappa shape index (κ1) is 17.7. The number of benzene rings is 1. The van der Waals surface area contributed by atoms with Gasteiger partial charge in [0.1, 0.15) is 12.5 Å². The van der Waals surface area contributed by atoms with Gasteiger partial charge in [0, 0.05) is 30.8 Å². The van der Waals surface area contributed by atoms with Crippen LogP contribution in [0, 0.1) is 5.92 Å². The van der Waals surface area contributed by atoms with Crippen molar-refractivity contribution >= 4 is 0 Å². The smallest absolute Gasteiger partial charge is 0.105 e. The Morgan fingerprint density at radius 2 is 2.07 bits per heavy atom. The summed E-state index contributed by atoms with van der Waals surface area (Å²) in [7, 11) is 0. The van der Waals surface area contributed by atoms with Crippen molar-refractivity contribution in [1.29, 1.82) is 0 Å². The van der Waals surface area contributed by atoms with Crippen LogP contribution in [0.15, 0.2) is 71.6 Å². The molecule has 1 fully saturated rings. The van der Waals surface area contributed by atoms with E-state index in [1.165, 1.54) is 16.7 Å². The Morgan fingerprint density at radius 1 is 1.14 bits per heavy atom. The van der Waals surface area contributed by atoms with Crippen molar-refractivity contribution in [3.05, 3.63) is 89.6 Å². The molecule has 1 aromatic carbocycles. The molecule has 0 N–H and O–H groups in total. The van der Waals surface area contributed by atoms with Crippen molar-refractivity contribution in [2.45, 2.75) is 37.8 Å². The summed E-state index contributed by atoms with van der Waals surface area (Å²) < 4.78 is 11.8. The van der Waals surface area contributed by atoms with Gasteiger partial charge in [0.15, 0.2) is 0 Å². The second-order valence-electron chi connectivity index (χ2n) is 8.10. The van der Waals surface area contributed by atoms with Gasteiger partial charge in [-0.2, -0.15) is 0 Å². The van der Waals surface area contributed by atoms with Crippen LogP contribution in [0.25, 0.3) is 0 Å². The molecule has 2 aliphatic rings. The van der Waals surface area contributed by atoms with Crippen molar-refractivity contribution < 1.29 is 9.15 Å². The van der Waals surface area contributed by atoms with E-state index < -0.39 is 0 Å². The van der Waals surface area contributed by atoms with Crippen LogP contribution in [0.4, 0.5) is 0 Å². The molecule has 0 bridgehead atoms. The Balaban J connectivity index is 1.47. The quantitative estimate of drug-likeness (QED) is 0.647. The fraction of sp³-hybridized carbons (Fsp3) is 0.375. The van der Waals surface area contributed by atoms with Gasteiger partial charge < -0.3 is 9.15 Å². The largest absolute Gasteiger partial charge is 0.469 e. The van der Waals surface area contributed by atoms with E-state index in [4.69, 9.17) is 9.15 Å². The SMILES string of the molecule is C[C@@]12c3ccccc3[C@H](Cc3ccco3)N1COC[C@@H]2CCc1cccnc1. The Labute approximate surface area is 166 Å². The predicted molar refractivity (Wildman–Crippen MR) is 108 cm³/mol. The Kier molecular flexibility index (Phi) is 4.53. The molecule has 5 rings (SSSR count). The average Bonchev–Trinajstić information content (AvgIpc) is 3.33. The van der Waals surface area contributed by atoms with Gasteiger partial charge in [-0.05, 0) is 54.7 Å². The van der Waals surface area contributed by atoms with Crippen LogP contribution >= 0.6 is 0 Å². The van der Waals surface area contributed by atoms with E-state index in [1.807, 2.05) is 24.5 Å². The number of hydrogen-bond acceptors (Lipinski definition) is 4. The van der Waals surface area contributed by atoms with Gasteiger partial charge in [-0.1, -0.05) is 30.3 Å². The highest BCUT2D eigenvalue weighted by Gasteiger charge is 2.53. The summed E-state index contributed by atoms with van der Waals surface area (Å²) in [5.74, 6) is 1.46. The van der Waals surface area contributed by atoms with Crippen LogP contribution in [-0.4, -0.2) is 23.2 Å². The summed E-state index contributed by atoms with van der Waals surface area (Å²) in [6, 6.07) is 17.4. The lowest BCUT2D eigenvalue weighted by Gasteiger charge is -2.48. The van der Waals surface area contributed by atoms with Crippen molar-refractivity contribution in [2.24, 2.45) is 5.92 Å². The number of nitrogens with zero attached hydrogens (tertiary/aromatic N) is 2. The number of hydrogen-bond donors (Lipinski definition) is 0. The third kappa shape index (κ3) is 2.88. The second kappa shape index (κ2) is 7.19. The molecule has 0 radical (unpaired) electrons. The second-order valence-corrected chi connectivity index (χ2v) is 8.10. The van der Waals surface area contributed by atoms with Crippen molar-refractivity contribution in [3.8, 4) is 0 Å². The van der Waals surface area contributed by atoms with Gasteiger partial charge in [-0.25, -0.2) is 0 Å². The summed E-state index contributed by atoms with van der Waals surface area (Å²) in [6.07, 6.45) is 8.56. The lowest BCUT2D eigenvalue weighted by atomic mass is 9.76. The zero-order chi connectivity index (χ0) is 19.0. The molecule has 4 heterocycles.